The third-order valence-corrected chi connectivity index (χ3v) is 3.59. The highest BCUT2D eigenvalue weighted by atomic mass is 32.2. The predicted molar refractivity (Wildman–Crippen MR) is 78.7 cm³/mol. The first-order valence-electron chi connectivity index (χ1n) is 6.32. The highest BCUT2D eigenvalue weighted by Crippen LogP contribution is 2.26. The molecule has 0 aliphatic heterocycles. The van der Waals surface area contributed by atoms with Gasteiger partial charge in [-0.3, -0.25) is 4.79 Å². The molecule has 0 radical (unpaired) electrons. The standard InChI is InChI=1S/C13H20N2O4S/c1-3-19-12-10(6-4-7-11(12)14)13(16)15-8-5-9-20(2,17)18/h4,6-7H,3,5,8-9,14H2,1-2H3,(H,15,16). The van der Waals surface area contributed by atoms with Crippen molar-refractivity contribution in [1.29, 1.82) is 0 Å². The van der Waals surface area contributed by atoms with Crippen molar-refractivity contribution in [2.24, 2.45) is 0 Å². The van der Waals surface area contributed by atoms with Gasteiger partial charge in [-0.05, 0) is 25.5 Å². The number of para-hydroxylation sites is 1. The number of hydrogen-bond donors (Lipinski definition) is 2. The quantitative estimate of drug-likeness (QED) is 0.574. The van der Waals surface area contributed by atoms with Crippen LogP contribution in [0.3, 0.4) is 0 Å². The van der Waals surface area contributed by atoms with Gasteiger partial charge in [-0.25, -0.2) is 8.42 Å². The molecule has 3 N–H and O–H groups in total. The summed E-state index contributed by atoms with van der Waals surface area (Å²) in [5.41, 5.74) is 6.52. The van der Waals surface area contributed by atoms with Crippen LogP contribution in [-0.2, 0) is 9.84 Å². The molecule has 0 saturated carbocycles. The fraction of sp³-hybridized carbons (Fsp3) is 0.462. The summed E-state index contributed by atoms with van der Waals surface area (Å²) in [6.07, 6.45) is 1.54. The number of nitrogens with two attached hydrogens (primary N) is 1. The third kappa shape index (κ3) is 5.08. The zero-order valence-electron chi connectivity index (χ0n) is 11.7. The Labute approximate surface area is 119 Å². The van der Waals surface area contributed by atoms with Crippen LogP contribution in [0.2, 0.25) is 0 Å². The van der Waals surface area contributed by atoms with Gasteiger partial charge >= 0.3 is 0 Å². The molecule has 1 rings (SSSR count). The highest BCUT2D eigenvalue weighted by Gasteiger charge is 2.14. The van der Waals surface area contributed by atoms with E-state index in [1.807, 2.05) is 0 Å². The minimum Gasteiger partial charge on any atom is -0.491 e. The van der Waals surface area contributed by atoms with E-state index in [4.69, 9.17) is 10.5 Å². The maximum Gasteiger partial charge on any atom is 0.255 e. The molecule has 6 nitrogen and oxygen atoms in total. The zero-order valence-corrected chi connectivity index (χ0v) is 12.5. The molecule has 0 spiro atoms. The highest BCUT2D eigenvalue weighted by molar-refractivity contribution is 7.90. The van der Waals surface area contributed by atoms with E-state index in [9.17, 15) is 13.2 Å². The fourth-order valence-corrected chi connectivity index (χ4v) is 2.34. The number of benzene rings is 1. The summed E-state index contributed by atoms with van der Waals surface area (Å²) in [5, 5.41) is 2.66. The van der Waals surface area contributed by atoms with Crippen molar-refractivity contribution in [2.75, 3.05) is 30.9 Å². The molecule has 0 aliphatic carbocycles. The number of anilines is 1. The molecule has 0 bridgehead atoms. The molecule has 1 aromatic rings. The van der Waals surface area contributed by atoms with Crippen LogP contribution < -0.4 is 15.8 Å². The van der Waals surface area contributed by atoms with Crippen molar-refractivity contribution >= 4 is 21.4 Å². The summed E-state index contributed by atoms with van der Waals surface area (Å²) in [6, 6.07) is 4.95. The van der Waals surface area contributed by atoms with Gasteiger partial charge in [0.15, 0.2) is 5.75 Å². The first-order valence-corrected chi connectivity index (χ1v) is 8.38. The molecule has 7 heteroatoms. The normalized spacial score (nSPS) is 11.1. The minimum absolute atomic E-state index is 0.0442. The van der Waals surface area contributed by atoms with Crippen molar-refractivity contribution in [3.05, 3.63) is 23.8 Å². The molecule has 0 aliphatic rings. The van der Waals surface area contributed by atoms with Gasteiger partial charge in [0.2, 0.25) is 0 Å². The zero-order chi connectivity index (χ0) is 15.2. The molecule has 0 saturated heterocycles. The average Bonchev–Trinajstić information content (AvgIpc) is 2.36. The first kappa shape index (κ1) is 16.3. The summed E-state index contributed by atoms with van der Waals surface area (Å²) >= 11 is 0. The number of nitrogen functional groups attached to an aromatic ring is 1. The van der Waals surface area contributed by atoms with Gasteiger partial charge in [-0.1, -0.05) is 6.07 Å². The Bertz CT molecular complexity index is 570. The molecular formula is C13H20N2O4S. The predicted octanol–water partition coefficient (Wildman–Crippen LogP) is 0.832. The second-order valence-corrected chi connectivity index (χ2v) is 6.66. The number of carbonyl (C=O) groups is 1. The van der Waals surface area contributed by atoms with Gasteiger partial charge in [0, 0.05) is 12.8 Å². The molecule has 20 heavy (non-hydrogen) atoms. The van der Waals surface area contributed by atoms with Crippen molar-refractivity contribution < 1.29 is 17.9 Å². The van der Waals surface area contributed by atoms with Crippen molar-refractivity contribution in [3.63, 3.8) is 0 Å². The van der Waals surface area contributed by atoms with E-state index in [-0.39, 0.29) is 18.2 Å². The van der Waals surface area contributed by atoms with E-state index in [0.717, 1.165) is 0 Å². The maximum atomic E-state index is 12.0. The Hall–Kier alpha value is -1.76. The Morgan fingerprint density at radius 2 is 2.10 bits per heavy atom. The summed E-state index contributed by atoms with van der Waals surface area (Å²) in [4.78, 5) is 12.0. The molecule has 0 atom stereocenters. The number of nitrogens with one attached hydrogen (secondary N) is 1. The van der Waals surface area contributed by atoms with Crippen LogP contribution in [-0.4, -0.2) is 39.5 Å². The van der Waals surface area contributed by atoms with Gasteiger partial charge in [0.1, 0.15) is 9.84 Å². The number of ether oxygens (including phenoxy) is 1. The van der Waals surface area contributed by atoms with Gasteiger partial charge < -0.3 is 15.8 Å². The molecule has 1 amide bonds. The fourth-order valence-electron chi connectivity index (χ4n) is 1.67. The van der Waals surface area contributed by atoms with E-state index >= 15 is 0 Å². The lowest BCUT2D eigenvalue weighted by Crippen LogP contribution is -2.26. The first-order chi connectivity index (χ1) is 9.35. The SMILES string of the molecule is CCOc1c(N)cccc1C(=O)NCCCS(C)(=O)=O. The lowest BCUT2D eigenvalue weighted by Gasteiger charge is -2.12. The Kier molecular flexibility index (Phi) is 5.82. The average molecular weight is 300 g/mol. The van der Waals surface area contributed by atoms with E-state index in [1.165, 1.54) is 6.26 Å². The molecule has 0 unspecified atom stereocenters. The van der Waals surface area contributed by atoms with Crippen LogP contribution in [0.4, 0.5) is 5.69 Å². The second kappa shape index (κ2) is 7.14. The molecular weight excluding hydrogens is 280 g/mol. The Morgan fingerprint density at radius 3 is 2.70 bits per heavy atom. The van der Waals surface area contributed by atoms with Crippen molar-refractivity contribution in [2.45, 2.75) is 13.3 Å². The summed E-state index contributed by atoms with van der Waals surface area (Å²) in [5.74, 6) is 0.0765. The maximum absolute atomic E-state index is 12.0. The topological polar surface area (TPSA) is 98.5 Å². The molecule has 112 valence electrons. The minimum atomic E-state index is -3.01. The van der Waals surface area contributed by atoms with E-state index < -0.39 is 9.84 Å². The van der Waals surface area contributed by atoms with Crippen molar-refractivity contribution in [1.82, 2.24) is 5.32 Å². The van der Waals surface area contributed by atoms with Crippen LogP contribution >= 0.6 is 0 Å². The van der Waals surface area contributed by atoms with E-state index in [2.05, 4.69) is 5.32 Å². The number of rotatable bonds is 7. The smallest absolute Gasteiger partial charge is 0.255 e. The monoisotopic (exact) mass is 300 g/mol. The van der Waals surface area contributed by atoms with Gasteiger partial charge in [0.05, 0.1) is 23.6 Å². The Balaban J connectivity index is 2.66. The van der Waals surface area contributed by atoms with Gasteiger partial charge in [-0.2, -0.15) is 0 Å². The van der Waals surface area contributed by atoms with Crippen molar-refractivity contribution in [3.8, 4) is 5.75 Å². The molecule has 0 fully saturated rings. The largest absolute Gasteiger partial charge is 0.491 e. The van der Waals surface area contributed by atoms with Gasteiger partial charge in [0.25, 0.3) is 5.91 Å². The molecule has 1 aromatic carbocycles. The summed E-state index contributed by atoms with van der Waals surface area (Å²) in [7, 11) is -3.01. The summed E-state index contributed by atoms with van der Waals surface area (Å²) < 4.78 is 27.3. The van der Waals surface area contributed by atoms with Crippen LogP contribution in [0.1, 0.15) is 23.7 Å². The molecule has 0 aromatic heterocycles. The number of amides is 1. The number of hydrogen-bond acceptors (Lipinski definition) is 5. The van der Waals surface area contributed by atoms with Gasteiger partial charge in [-0.15, -0.1) is 0 Å². The van der Waals surface area contributed by atoms with Crippen LogP contribution in [0.5, 0.6) is 5.75 Å². The number of carbonyl (C=O) groups excluding carboxylic acids is 1. The van der Waals surface area contributed by atoms with E-state index in [0.29, 0.717) is 30.0 Å². The van der Waals surface area contributed by atoms with Crippen LogP contribution in [0, 0.1) is 0 Å². The lowest BCUT2D eigenvalue weighted by atomic mass is 10.1. The van der Waals surface area contributed by atoms with Crippen LogP contribution in [0.15, 0.2) is 18.2 Å². The number of sulfone groups is 1. The lowest BCUT2D eigenvalue weighted by molar-refractivity contribution is 0.0950. The third-order valence-electron chi connectivity index (χ3n) is 2.56. The second-order valence-electron chi connectivity index (χ2n) is 4.40. The molecule has 0 heterocycles. The Morgan fingerprint density at radius 1 is 1.40 bits per heavy atom. The van der Waals surface area contributed by atoms with Crippen LogP contribution in [0.25, 0.3) is 0 Å². The summed E-state index contributed by atoms with van der Waals surface area (Å²) in [6.45, 7) is 2.50. The van der Waals surface area contributed by atoms with E-state index in [1.54, 1.807) is 25.1 Å².